The summed E-state index contributed by atoms with van der Waals surface area (Å²) in [5.74, 6) is -0.601. The van der Waals surface area contributed by atoms with Crippen LogP contribution in [0.1, 0.15) is 41.6 Å². The highest BCUT2D eigenvalue weighted by Gasteiger charge is 2.11. The molecule has 0 unspecified atom stereocenters. The van der Waals surface area contributed by atoms with Gasteiger partial charge in [-0.15, -0.1) is 0 Å². The smallest absolute Gasteiger partial charge is 0.337 e. The minimum Gasteiger partial charge on any atom is -0.465 e. The highest BCUT2D eigenvalue weighted by Crippen LogP contribution is 2.11. The second-order valence-corrected chi connectivity index (χ2v) is 7.79. The lowest BCUT2D eigenvalue weighted by Crippen LogP contribution is -2.35. The number of esters is 1. The minimum absolute atomic E-state index is 0.0536. The fourth-order valence-corrected chi connectivity index (χ4v) is 3.45. The molecule has 8 nitrogen and oxygen atoms in total. The van der Waals surface area contributed by atoms with E-state index >= 15 is 0 Å². The van der Waals surface area contributed by atoms with Gasteiger partial charge in [0.25, 0.3) is 5.56 Å². The van der Waals surface area contributed by atoms with Crippen LogP contribution in [-0.2, 0) is 22.6 Å². The summed E-state index contributed by atoms with van der Waals surface area (Å²) in [6, 6.07) is 11.7. The van der Waals surface area contributed by atoms with Gasteiger partial charge in [0.15, 0.2) is 0 Å². The van der Waals surface area contributed by atoms with E-state index in [0.717, 1.165) is 10.1 Å². The van der Waals surface area contributed by atoms with Crippen LogP contribution in [0.25, 0.3) is 10.9 Å². The predicted octanol–water partition coefficient (Wildman–Crippen LogP) is 3.01. The molecule has 0 aliphatic heterocycles. The SMILES string of the molecule is COC(=O)c1ccc2c(=O)n(CCCCCC(=O)NCc3ccc(Cl)cc3)c(=O)[nH]c2c1. The average Bonchev–Trinajstić information content (AvgIpc) is 2.79. The second kappa shape index (κ2) is 10.8. The summed E-state index contributed by atoms with van der Waals surface area (Å²) in [5, 5.41) is 3.82. The van der Waals surface area contributed by atoms with Crippen LogP contribution < -0.4 is 16.6 Å². The normalized spacial score (nSPS) is 10.8. The zero-order valence-electron chi connectivity index (χ0n) is 17.7. The first-order valence-electron chi connectivity index (χ1n) is 10.3. The summed E-state index contributed by atoms with van der Waals surface area (Å²) >= 11 is 5.84. The molecule has 0 bridgehead atoms. The Balaban J connectivity index is 1.50. The molecule has 0 atom stereocenters. The number of unbranched alkanes of at least 4 members (excludes halogenated alkanes) is 2. The summed E-state index contributed by atoms with van der Waals surface area (Å²) in [7, 11) is 1.26. The third-order valence-corrected chi connectivity index (χ3v) is 5.34. The largest absolute Gasteiger partial charge is 0.465 e. The Bertz CT molecular complexity index is 1230. The number of nitrogens with zero attached hydrogens (tertiary/aromatic N) is 1. The fourth-order valence-electron chi connectivity index (χ4n) is 3.33. The van der Waals surface area contributed by atoms with Crippen molar-refractivity contribution < 1.29 is 14.3 Å². The van der Waals surface area contributed by atoms with Crippen LogP contribution in [-0.4, -0.2) is 28.5 Å². The number of benzene rings is 2. The first-order chi connectivity index (χ1) is 15.4. The van der Waals surface area contributed by atoms with Crippen LogP contribution in [0.2, 0.25) is 5.02 Å². The van der Waals surface area contributed by atoms with Crippen molar-refractivity contribution in [3.05, 3.63) is 79.5 Å². The molecule has 9 heteroatoms. The van der Waals surface area contributed by atoms with Crippen LogP contribution >= 0.6 is 11.6 Å². The standard InChI is InChI=1S/C23H24ClN3O5/c1-32-22(30)16-8-11-18-19(13-16)26-23(31)27(21(18)29)12-4-2-3-5-20(28)25-14-15-6-9-17(24)10-7-15/h6-11,13H,2-5,12,14H2,1H3,(H,25,28)(H,26,31). The summed E-state index contributed by atoms with van der Waals surface area (Å²) in [5.41, 5.74) is 0.557. The van der Waals surface area contributed by atoms with Gasteiger partial charge in [-0.1, -0.05) is 30.2 Å². The van der Waals surface area contributed by atoms with Gasteiger partial charge in [0, 0.05) is 24.5 Å². The summed E-state index contributed by atoms with van der Waals surface area (Å²) in [6.45, 7) is 0.685. The van der Waals surface area contributed by atoms with E-state index in [-0.39, 0.29) is 23.5 Å². The summed E-state index contributed by atoms with van der Waals surface area (Å²) in [6.07, 6.45) is 2.29. The number of fused-ring (bicyclic) bond motifs is 1. The third kappa shape index (κ3) is 5.85. The van der Waals surface area contributed by atoms with Gasteiger partial charge in [-0.3, -0.25) is 14.2 Å². The van der Waals surface area contributed by atoms with Gasteiger partial charge in [0.2, 0.25) is 5.91 Å². The molecule has 3 rings (SSSR count). The van der Waals surface area contributed by atoms with Crippen LogP contribution in [0.5, 0.6) is 0 Å². The molecule has 0 spiro atoms. The Hall–Kier alpha value is -3.39. The number of carbonyl (C=O) groups excluding carboxylic acids is 2. The molecule has 0 fully saturated rings. The minimum atomic E-state index is -0.547. The van der Waals surface area contributed by atoms with E-state index in [1.165, 1.54) is 25.3 Å². The quantitative estimate of drug-likeness (QED) is 0.379. The molecule has 3 aromatic rings. The van der Waals surface area contributed by atoms with Crippen LogP contribution in [0.4, 0.5) is 0 Å². The Morgan fingerprint density at radius 3 is 2.53 bits per heavy atom. The van der Waals surface area contributed by atoms with Crippen molar-refractivity contribution in [1.29, 1.82) is 0 Å². The number of amides is 1. The van der Waals surface area contributed by atoms with Gasteiger partial charge in [0.1, 0.15) is 0 Å². The number of H-pyrrole nitrogens is 1. The molecule has 32 heavy (non-hydrogen) atoms. The van der Waals surface area contributed by atoms with Crippen molar-refractivity contribution in [1.82, 2.24) is 14.9 Å². The van der Waals surface area contributed by atoms with Crippen molar-refractivity contribution in [2.75, 3.05) is 7.11 Å². The number of methoxy groups -OCH3 is 1. The van der Waals surface area contributed by atoms with Crippen LogP contribution in [0.3, 0.4) is 0 Å². The van der Waals surface area contributed by atoms with E-state index in [1.54, 1.807) is 12.1 Å². The van der Waals surface area contributed by atoms with Crippen LogP contribution in [0, 0.1) is 0 Å². The van der Waals surface area contributed by atoms with Crippen molar-refractivity contribution >= 4 is 34.4 Å². The van der Waals surface area contributed by atoms with E-state index < -0.39 is 17.2 Å². The maximum absolute atomic E-state index is 12.7. The molecule has 0 aliphatic rings. The zero-order chi connectivity index (χ0) is 23.1. The molecule has 168 valence electrons. The average molecular weight is 458 g/mol. The molecular formula is C23H24ClN3O5. The number of aromatic nitrogens is 2. The molecule has 1 aromatic heterocycles. The number of carbonyl (C=O) groups is 2. The predicted molar refractivity (Wildman–Crippen MR) is 122 cm³/mol. The van der Waals surface area contributed by atoms with Gasteiger partial charge < -0.3 is 15.0 Å². The highest BCUT2D eigenvalue weighted by molar-refractivity contribution is 6.30. The zero-order valence-corrected chi connectivity index (χ0v) is 18.4. The first-order valence-corrected chi connectivity index (χ1v) is 10.6. The molecule has 0 saturated carbocycles. The van der Waals surface area contributed by atoms with E-state index in [2.05, 4.69) is 15.0 Å². The molecule has 1 heterocycles. The first kappa shape index (κ1) is 23.3. The molecule has 2 aromatic carbocycles. The van der Waals surface area contributed by atoms with Crippen molar-refractivity contribution in [2.45, 2.75) is 38.8 Å². The number of aromatic amines is 1. The summed E-state index contributed by atoms with van der Waals surface area (Å²) < 4.78 is 5.80. The summed E-state index contributed by atoms with van der Waals surface area (Å²) in [4.78, 5) is 51.3. The number of hydrogen-bond acceptors (Lipinski definition) is 5. The van der Waals surface area contributed by atoms with E-state index in [9.17, 15) is 19.2 Å². The molecule has 2 N–H and O–H groups in total. The van der Waals surface area contributed by atoms with E-state index in [0.29, 0.717) is 42.6 Å². The number of ether oxygens (including phenoxy) is 1. The van der Waals surface area contributed by atoms with Gasteiger partial charge in [0.05, 0.1) is 23.6 Å². The maximum atomic E-state index is 12.7. The lowest BCUT2D eigenvalue weighted by Gasteiger charge is -2.08. The molecule has 0 saturated heterocycles. The van der Waals surface area contributed by atoms with Gasteiger partial charge in [-0.25, -0.2) is 9.59 Å². The van der Waals surface area contributed by atoms with Gasteiger partial charge >= 0.3 is 11.7 Å². The van der Waals surface area contributed by atoms with Crippen molar-refractivity contribution in [3.63, 3.8) is 0 Å². The molecular weight excluding hydrogens is 434 g/mol. The lowest BCUT2D eigenvalue weighted by atomic mass is 10.1. The third-order valence-electron chi connectivity index (χ3n) is 5.09. The Labute approximate surface area is 189 Å². The van der Waals surface area contributed by atoms with E-state index in [1.807, 2.05) is 12.1 Å². The Kier molecular flexibility index (Phi) is 7.83. The van der Waals surface area contributed by atoms with Gasteiger partial charge in [-0.05, 0) is 48.7 Å². The van der Waals surface area contributed by atoms with Crippen molar-refractivity contribution in [2.24, 2.45) is 0 Å². The second-order valence-electron chi connectivity index (χ2n) is 7.35. The van der Waals surface area contributed by atoms with Crippen molar-refractivity contribution in [3.8, 4) is 0 Å². The fraction of sp³-hybridized carbons (Fsp3) is 0.304. The molecule has 1 amide bonds. The monoisotopic (exact) mass is 457 g/mol. The topological polar surface area (TPSA) is 110 Å². The van der Waals surface area contributed by atoms with E-state index in [4.69, 9.17) is 11.6 Å². The molecule has 0 radical (unpaired) electrons. The van der Waals surface area contributed by atoms with Crippen LogP contribution in [0.15, 0.2) is 52.1 Å². The number of rotatable bonds is 9. The number of halogens is 1. The van der Waals surface area contributed by atoms with Gasteiger partial charge in [-0.2, -0.15) is 0 Å². The number of hydrogen-bond donors (Lipinski definition) is 2. The Morgan fingerprint density at radius 1 is 1.06 bits per heavy atom. The maximum Gasteiger partial charge on any atom is 0.337 e. The lowest BCUT2D eigenvalue weighted by molar-refractivity contribution is -0.121. The number of nitrogens with one attached hydrogen (secondary N) is 2. The highest BCUT2D eigenvalue weighted by atomic mass is 35.5. The Morgan fingerprint density at radius 2 is 1.81 bits per heavy atom. The molecule has 0 aliphatic carbocycles.